The van der Waals surface area contributed by atoms with Gasteiger partial charge in [0.15, 0.2) is 0 Å². The molecular weight excluding hydrogens is 289 g/mol. The van der Waals surface area contributed by atoms with Gasteiger partial charge in [-0.15, -0.1) is 11.3 Å². The van der Waals surface area contributed by atoms with E-state index >= 15 is 0 Å². The van der Waals surface area contributed by atoms with Gasteiger partial charge in [-0.05, 0) is 24.6 Å². The minimum absolute atomic E-state index is 0.0121. The Morgan fingerprint density at radius 2 is 2.32 bits per heavy atom. The fourth-order valence-electron chi connectivity index (χ4n) is 1.51. The van der Waals surface area contributed by atoms with Crippen molar-refractivity contribution in [2.45, 2.75) is 6.42 Å². The van der Waals surface area contributed by atoms with E-state index in [0.717, 1.165) is 17.1 Å². The molecule has 2 heterocycles. The second-order valence-electron chi connectivity index (χ2n) is 3.80. The highest BCUT2D eigenvalue weighted by Crippen LogP contribution is 2.21. The number of nitrogens with one attached hydrogen (secondary N) is 1. The van der Waals surface area contributed by atoms with E-state index in [0.29, 0.717) is 17.3 Å². The smallest absolute Gasteiger partial charge is 0.255 e. The van der Waals surface area contributed by atoms with Crippen molar-refractivity contribution in [1.29, 1.82) is 0 Å². The van der Waals surface area contributed by atoms with Crippen molar-refractivity contribution in [3.05, 3.63) is 45.0 Å². The molecule has 0 unspecified atom stereocenters. The molecule has 0 fully saturated rings. The van der Waals surface area contributed by atoms with Gasteiger partial charge in [0, 0.05) is 11.4 Å². The van der Waals surface area contributed by atoms with Crippen LogP contribution in [0.3, 0.4) is 0 Å². The number of nitrogen functional groups attached to an aromatic ring is 1. The number of nitrogens with zero attached hydrogens (tertiary/aromatic N) is 1. The lowest BCUT2D eigenvalue weighted by atomic mass is 10.2. The first kappa shape index (κ1) is 13.8. The summed E-state index contributed by atoms with van der Waals surface area (Å²) in [6, 6.07) is 4.77. The number of carbonyl (C=O) groups excluding carboxylic acids is 1. The number of pyridine rings is 1. The molecule has 2 rings (SSSR count). The molecule has 3 N–H and O–H groups in total. The number of amides is 1. The van der Waals surface area contributed by atoms with Crippen molar-refractivity contribution in [3.8, 4) is 0 Å². The maximum absolute atomic E-state index is 13.0. The third kappa shape index (κ3) is 3.65. The van der Waals surface area contributed by atoms with Crippen molar-refractivity contribution in [2.75, 3.05) is 12.3 Å². The highest BCUT2D eigenvalue weighted by molar-refractivity contribution is 7.16. The topological polar surface area (TPSA) is 68.0 Å². The fraction of sp³-hybridized carbons (Fsp3) is 0.167. The van der Waals surface area contributed by atoms with Crippen LogP contribution in [0.1, 0.15) is 15.2 Å². The molecule has 0 aromatic carbocycles. The lowest BCUT2D eigenvalue weighted by Crippen LogP contribution is -2.26. The van der Waals surface area contributed by atoms with E-state index in [2.05, 4.69) is 10.3 Å². The van der Waals surface area contributed by atoms with Crippen molar-refractivity contribution < 1.29 is 9.18 Å². The highest BCUT2D eigenvalue weighted by atomic mass is 35.5. The van der Waals surface area contributed by atoms with Crippen molar-refractivity contribution in [1.82, 2.24) is 10.3 Å². The van der Waals surface area contributed by atoms with Crippen LogP contribution >= 0.6 is 22.9 Å². The van der Waals surface area contributed by atoms with Crippen LogP contribution in [0.2, 0.25) is 4.34 Å². The largest absolute Gasteiger partial charge is 0.383 e. The van der Waals surface area contributed by atoms with E-state index < -0.39 is 11.7 Å². The number of nitrogens with two attached hydrogens (primary N) is 1. The van der Waals surface area contributed by atoms with Crippen LogP contribution < -0.4 is 11.1 Å². The first-order valence-corrected chi connectivity index (χ1v) is 6.69. The Kier molecular flexibility index (Phi) is 4.34. The molecule has 1 amide bonds. The zero-order valence-corrected chi connectivity index (χ0v) is 11.4. The molecule has 0 saturated heterocycles. The van der Waals surface area contributed by atoms with Gasteiger partial charge in [-0.2, -0.15) is 0 Å². The van der Waals surface area contributed by atoms with Gasteiger partial charge in [0.1, 0.15) is 11.6 Å². The summed E-state index contributed by atoms with van der Waals surface area (Å²) in [5.41, 5.74) is 5.57. The summed E-state index contributed by atoms with van der Waals surface area (Å²) in [5.74, 6) is -1.02. The van der Waals surface area contributed by atoms with E-state index in [-0.39, 0.29) is 11.4 Å². The van der Waals surface area contributed by atoms with Crippen LogP contribution in [0.15, 0.2) is 24.4 Å². The van der Waals surface area contributed by atoms with Gasteiger partial charge >= 0.3 is 0 Å². The minimum atomic E-state index is -0.593. The molecule has 0 aliphatic heterocycles. The van der Waals surface area contributed by atoms with E-state index in [1.165, 1.54) is 11.3 Å². The zero-order valence-electron chi connectivity index (χ0n) is 9.82. The fourth-order valence-corrected chi connectivity index (χ4v) is 2.60. The van der Waals surface area contributed by atoms with E-state index in [9.17, 15) is 9.18 Å². The van der Waals surface area contributed by atoms with E-state index in [1.54, 1.807) is 6.07 Å². The minimum Gasteiger partial charge on any atom is -0.383 e. The van der Waals surface area contributed by atoms with Gasteiger partial charge in [0.05, 0.1) is 16.1 Å². The predicted octanol–water partition coefficient (Wildman–Crippen LogP) is 2.49. The third-order valence-corrected chi connectivity index (χ3v) is 3.71. The lowest BCUT2D eigenvalue weighted by molar-refractivity contribution is 0.0954. The monoisotopic (exact) mass is 299 g/mol. The number of halogens is 2. The SMILES string of the molecule is Nc1ncc(F)cc1C(=O)NCCc1ccc(Cl)s1. The summed E-state index contributed by atoms with van der Waals surface area (Å²) < 4.78 is 13.7. The second-order valence-corrected chi connectivity index (χ2v) is 5.60. The molecule has 7 heteroatoms. The van der Waals surface area contributed by atoms with Crippen LogP contribution in [-0.4, -0.2) is 17.4 Å². The highest BCUT2D eigenvalue weighted by Gasteiger charge is 2.11. The Morgan fingerprint density at radius 1 is 1.53 bits per heavy atom. The van der Waals surface area contributed by atoms with E-state index in [4.69, 9.17) is 17.3 Å². The molecule has 0 aliphatic carbocycles. The molecule has 2 aromatic rings. The van der Waals surface area contributed by atoms with Crippen LogP contribution in [0.25, 0.3) is 0 Å². The maximum atomic E-state index is 13.0. The Hall–Kier alpha value is -1.66. The molecule has 0 bridgehead atoms. The van der Waals surface area contributed by atoms with Crippen LogP contribution in [0, 0.1) is 5.82 Å². The standard InChI is InChI=1S/C12H11ClFN3OS/c13-10-2-1-8(19-10)3-4-16-12(18)9-5-7(14)6-17-11(9)15/h1-2,5-6H,3-4H2,(H2,15,17)(H,16,18). The third-order valence-electron chi connectivity index (χ3n) is 2.42. The van der Waals surface area contributed by atoms with Crippen molar-refractivity contribution in [3.63, 3.8) is 0 Å². The Balaban J connectivity index is 1.92. The lowest BCUT2D eigenvalue weighted by Gasteiger charge is -2.06. The summed E-state index contributed by atoms with van der Waals surface area (Å²) in [5, 5.41) is 2.66. The summed E-state index contributed by atoms with van der Waals surface area (Å²) in [6.07, 6.45) is 1.63. The Labute approximate surface area is 118 Å². The quantitative estimate of drug-likeness (QED) is 0.911. The van der Waals surface area contributed by atoms with Crippen molar-refractivity contribution >= 4 is 34.7 Å². The molecule has 0 atom stereocenters. The number of carbonyl (C=O) groups is 1. The van der Waals surface area contributed by atoms with E-state index in [1.807, 2.05) is 6.07 Å². The maximum Gasteiger partial charge on any atom is 0.255 e. The predicted molar refractivity (Wildman–Crippen MR) is 74.0 cm³/mol. The number of rotatable bonds is 4. The molecule has 19 heavy (non-hydrogen) atoms. The number of aromatic nitrogens is 1. The number of thiophene rings is 1. The van der Waals surface area contributed by atoms with Gasteiger partial charge in [0.25, 0.3) is 5.91 Å². The molecule has 0 saturated carbocycles. The zero-order chi connectivity index (χ0) is 13.8. The molecule has 0 aliphatic rings. The van der Waals surface area contributed by atoms with Gasteiger partial charge in [-0.3, -0.25) is 4.79 Å². The Morgan fingerprint density at radius 3 is 3.00 bits per heavy atom. The van der Waals surface area contributed by atoms with Crippen molar-refractivity contribution in [2.24, 2.45) is 0 Å². The molecule has 2 aromatic heterocycles. The molecule has 0 radical (unpaired) electrons. The normalized spacial score (nSPS) is 10.4. The first-order valence-electron chi connectivity index (χ1n) is 5.49. The summed E-state index contributed by atoms with van der Waals surface area (Å²) in [6.45, 7) is 0.422. The Bertz CT molecular complexity index is 602. The summed E-state index contributed by atoms with van der Waals surface area (Å²) in [7, 11) is 0. The van der Waals surface area contributed by atoms with Crippen LogP contribution in [0.4, 0.5) is 10.2 Å². The molecular formula is C12H11ClFN3OS. The average molecular weight is 300 g/mol. The number of hydrogen-bond donors (Lipinski definition) is 2. The molecule has 100 valence electrons. The van der Waals surface area contributed by atoms with Gasteiger partial charge in [-0.1, -0.05) is 11.6 Å². The molecule has 4 nitrogen and oxygen atoms in total. The van der Waals surface area contributed by atoms with Crippen LogP contribution in [-0.2, 0) is 6.42 Å². The summed E-state index contributed by atoms with van der Waals surface area (Å²) in [4.78, 5) is 16.5. The second kappa shape index (κ2) is 5.99. The summed E-state index contributed by atoms with van der Waals surface area (Å²) >= 11 is 7.26. The number of hydrogen-bond acceptors (Lipinski definition) is 4. The van der Waals surface area contributed by atoms with Gasteiger partial charge in [0.2, 0.25) is 0 Å². The molecule has 0 spiro atoms. The van der Waals surface area contributed by atoms with Crippen LogP contribution in [0.5, 0.6) is 0 Å². The first-order chi connectivity index (χ1) is 9.06. The number of anilines is 1. The van der Waals surface area contributed by atoms with Gasteiger partial charge < -0.3 is 11.1 Å². The average Bonchev–Trinajstić information content (AvgIpc) is 2.78. The van der Waals surface area contributed by atoms with Gasteiger partial charge in [-0.25, -0.2) is 9.37 Å².